The van der Waals surface area contributed by atoms with Crippen LogP contribution in [0.15, 0.2) is 42.7 Å². The quantitative estimate of drug-likeness (QED) is 0.886. The lowest BCUT2D eigenvalue weighted by molar-refractivity contribution is 0.626. The highest BCUT2D eigenvalue weighted by Gasteiger charge is 2.14. The molecule has 0 aliphatic heterocycles. The average molecular weight is 240 g/mol. The number of benzene rings is 1. The van der Waals surface area contributed by atoms with Crippen LogP contribution in [0, 0.1) is 13.8 Å². The Kier molecular flexibility index (Phi) is 4.11. The summed E-state index contributed by atoms with van der Waals surface area (Å²) in [5.41, 5.74) is 5.13. The fraction of sp³-hybridized carbons (Fsp3) is 0.312. The van der Waals surface area contributed by atoms with Crippen molar-refractivity contribution in [2.75, 3.05) is 6.54 Å². The summed E-state index contributed by atoms with van der Waals surface area (Å²) in [7, 11) is 0. The van der Waals surface area contributed by atoms with Crippen molar-refractivity contribution in [2.24, 2.45) is 0 Å². The zero-order chi connectivity index (χ0) is 13.0. The second kappa shape index (κ2) is 5.78. The number of pyridine rings is 1. The molecule has 1 aromatic heterocycles. The van der Waals surface area contributed by atoms with Crippen molar-refractivity contribution < 1.29 is 0 Å². The monoisotopic (exact) mass is 240 g/mol. The predicted molar refractivity (Wildman–Crippen MR) is 75.7 cm³/mol. The molecule has 1 atom stereocenters. The molecule has 1 aromatic carbocycles. The summed E-state index contributed by atoms with van der Waals surface area (Å²) in [6.07, 6.45) is 3.79. The van der Waals surface area contributed by atoms with E-state index in [4.69, 9.17) is 0 Å². The largest absolute Gasteiger partial charge is 0.307 e. The SMILES string of the molecule is CCNC(c1cccc(C)c1)c1ccncc1C. The molecule has 2 heteroatoms. The van der Waals surface area contributed by atoms with Gasteiger partial charge in [0, 0.05) is 12.4 Å². The summed E-state index contributed by atoms with van der Waals surface area (Å²) < 4.78 is 0. The van der Waals surface area contributed by atoms with Crippen molar-refractivity contribution in [3.05, 3.63) is 65.0 Å². The molecule has 0 radical (unpaired) electrons. The number of nitrogens with one attached hydrogen (secondary N) is 1. The maximum absolute atomic E-state index is 4.17. The minimum absolute atomic E-state index is 0.248. The van der Waals surface area contributed by atoms with Gasteiger partial charge in [0.25, 0.3) is 0 Å². The molecule has 0 amide bonds. The van der Waals surface area contributed by atoms with Crippen molar-refractivity contribution in [2.45, 2.75) is 26.8 Å². The van der Waals surface area contributed by atoms with Crippen LogP contribution < -0.4 is 5.32 Å². The van der Waals surface area contributed by atoms with Gasteiger partial charge in [-0.15, -0.1) is 0 Å². The number of aromatic nitrogens is 1. The molecule has 0 aliphatic rings. The van der Waals surface area contributed by atoms with E-state index in [1.54, 1.807) is 0 Å². The maximum Gasteiger partial charge on any atom is 0.0580 e. The number of nitrogens with zero attached hydrogens (tertiary/aromatic N) is 1. The van der Waals surface area contributed by atoms with Crippen LogP contribution in [0.25, 0.3) is 0 Å². The van der Waals surface area contributed by atoms with Crippen LogP contribution in [0.3, 0.4) is 0 Å². The Morgan fingerprint density at radius 2 is 2.06 bits per heavy atom. The van der Waals surface area contributed by atoms with Crippen LogP contribution >= 0.6 is 0 Å². The lowest BCUT2D eigenvalue weighted by atomic mass is 9.95. The molecule has 1 N–H and O–H groups in total. The third-order valence-electron chi connectivity index (χ3n) is 3.16. The lowest BCUT2D eigenvalue weighted by Crippen LogP contribution is -2.22. The number of hydrogen-bond acceptors (Lipinski definition) is 2. The predicted octanol–water partition coefficient (Wildman–Crippen LogP) is 3.40. The zero-order valence-corrected chi connectivity index (χ0v) is 11.3. The highest BCUT2D eigenvalue weighted by Crippen LogP contribution is 2.24. The van der Waals surface area contributed by atoms with Crippen LogP contribution in [0.2, 0.25) is 0 Å². The van der Waals surface area contributed by atoms with Gasteiger partial charge in [0.15, 0.2) is 0 Å². The van der Waals surface area contributed by atoms with Crippen molar-refractivity contribution in [1.29, 1.82) is 0 Å². The van der Waals surface area contributed by atoms with Crippen LogP contribution in [0.1, 0.15) is 35.2 Å². The zero-order valence-electron chi connectivity index (χ0n) is 11.3. The Hall–Kier alpha value is -1.67. The molecular formula is C16H20N2. The van der Waals surface area contributed by atoms with Gasteiger partial charge in [-0.05, 0) is 43.1 Å². The first-order valence-electron chi connectivity index (χ1n) is 6.43. The Morgan fingerprint density at radius 1 is 1.22 bits per heavy atom. The van der Waals surface area contributed by atoms with Gasteiger partial charge in [0.2, 0.25) is 0 Å². The molecule has 0 saturated heterocycles. The van der Waals surface area contributed by atoms with E-state index < -0.39 is 0 Å². The molecule has 18 heavy (non-hydrogen) atoms. The highest BCUT2D eigenvalue weighted by molar-refractivity contribution is 5.36. The summed E-state index contributed by atoms with van der Waals surface area (Å²) >= 11 is 0. The van der Waals surface area contributed by atoms with E-state index in [9.17, 15) is 0 Å². The van der Waals surface area contributed by atoms with Crippen molar-refractivity contribution in [1.82, 2.24) is 10.3 Å². The van der Waals surface area contributed by atoms with Crippen LogP contribution in [-0.2, 0) is 0 Å². The molecule has 1 unspecified atom stereocenters. The van der Waals surface area contributed by atoms with Gasteiger partial charge in [0.1, 0.15) is 0 Å². The molecule has 2 rings (SSSR count). The number of rotatable bonds is 4. The molecule has 2 nitrogen and oxygen atoms in total. The second-order valence-corrected chi connectivity index (χ2v) is 4.64. The first kappa shape index (κ1) is 12.8. The number of aryl methyl sites for hydroxylation is 2. The van der Waals surface area contributed by atoms with Crippen molar-refractivity contribution in [3.63, 3.8) is 0 Å². The first-order valence-corrected chi connectivity index (χ1v) is 6.43. The van der Waals surface area contributed by atoms with Gasteiger partial charge >= 0.3 is 0 Å². The number of hydrogen-bond donors (Lipinski definition) is 1. The fourth-order valence-electron chi connectivity index (χ4n) is 2.27. The minimum Gasteiger partial charge on any atom is -0.307 e. The Bertz CT molecular complexity index is 520. The normalized spacial score (nSPS) is 12.4. The highest BCUT2D eigenvalue weighted by atomic mass is 14.9. The van der Waals surface area contributed by atoms with Crippen LogP contribution in [-0.4, -0.2) is 11.5 Å². The van der Waals surface area contributed by atoms with E-state index in [0.29, 0.717) is 0 Å². The molecule has 0 bridgehead atoms. The van der Waals surface area contributed by atoms with E-state index in [-0.39, 0.29) is 6.04 Å². The molecule has 0 saturated carbocycles. The summed E-state index contributed by atoms with van der Waals surface area (Å²) in [6.45, 7) is 7.33. The van der Waals surface area contributed by atoms with Crippen molar-refractivity contribution in [3.8, 4) is 0 Å². The third kappa shape index (κ3) is 2.77. The van der Waals surface area contributed by atoms with Crippen LogP contribution in [0.5, 0.6) is 0 Å². The second-order valence-electron chi connectivity index (χ2n) is 4.64. The van der Waals surface area contributed by atoms with Gasteiger partial charge < -0.3 is 5.32 Å². The summed E-state index contributed by atoms with van der Waals surface area (Å²) in [5, 5.41) is 3.56. The van der Waals surface area contributed by atoms with Gasteiger partial charge in [-0.3, -0.25) is 4.98 Å². The molecule has 0 spiro atoms. The average Bonchev–Trinajstić information content (AvgIpc) is 2.37. The van der Waals surface area contributed by atoms with E-state index in [1.165, 1.54) is 22.3 Å². The summed E-state index contributed by atoms with van der Waals surface area (Å²) in [6, 6.07) is 11.0. The molecule has 94 valence electrons. The Labute approximate surface area is 109 Å². The standard InChI is InChI=1S/C16H20N2/c1-4-18-16(14-7-5-6-12(2)10-14)15-8-9-17-11-13(15)3/h5-11,16,18H,4H2,1-3H3. The summed E-state index contributed by atoms with van der Waals surface area (Å²) in [5.74, 6) is 0. The van der Waals surface area contributed by atoms with Gasteiger partial charge in [0.05, 0.1) is 6.04 Å². The van der Waals surface area contributed by atoms with Crippen molar-refractivity contribution >= 4 is 0 Å². The first-order chi connectivity index (χ1) is 8.72. The lowest BCUT2D eigenvalue weighted by Gasteiger charge is -2.21. The molecular weight excluding hydrogens is 220 g/mol. The van der Waals surface area contributed by atoms with E-state index in [1.807, 2.05) is 12.4 Å². The van der Waals surface area contributed by atoms with E-state index in [0.717, 1.165) is 6.54 Å². The molecule has 0 fully saturated rings. The van der Waals surface area contributed by atoms with E-state index >= 15 is 0 Å². The Morgan fingerprint density at radius 3 is 2.72 bits per heavy atom. The fourth-order valence-corrected chi connectivity index (χ4v) is 2.27. The van der Waals surface area contributed by atoms with E-state index in [2.05, 4.69) is 61.4 Å². The Balaban J connectivity index is 2.43. The summed E-state index contributed by atoms with van der Waals surface area (Å²) in [4.78, 5) is 4.17. The van der Waals surface area contributed by atoms with Gasteiger partial charge in [-0.25, -0.2) is 0 Å². The molecule has 0 aliphatic carbocycles. The topological polar surface area (TPSA) is 24.9 Å². The molecule has 2 aromatic rings. The van der Waals surface area contributed by atoms with Gasteiger partial charge in [-0.1, -0.05) is 36.8 Å². The van der Waals surface area contributed by atoms with Gasteiger partial charge in [-0.2, -0.15) is 0 Å². The van der Waals surface area contributed by atoms with Crippen LogP contribution in [0.4, 0.5) is 0 Å². The minimum atomic E-state index is 0.248. The smallest absolute Gasteiger partial charge is 0.0580 e. The maximum atomic E-state index is 4.17. The molecule has 1 heterocycles. The third-order valence-corrected chi connectivity index (χ3v) is 3.16.